The first-order chi connectivity index (χ1) is 11.7. The standard InChI is InChI=1S/C17H25N3O4S/c1-6-9-20-15-8-7-13(25(22,23)19(4)5)10-14(15)18-16(20)11-24-17(21)12(2)3/h7-8,10,12H,6,9,11H2,1-5H3. The first-order valence-corrected chi connectivity index (χ1v) is 9.70. The molecule has 0 amide bonds. The van der Waals surface area contributed by atoms with Gasteiger partial charge in [-0.1, -0.05) is 20.8 Å². The summed E-state index contributed by atoms with van der Waals surface area (Å²) in [5.74, 6) is 0.122. The highest BCUT2D eigenvalue weighted by atomic mass is 32.2. The molecular formula is C17H25N3O4S. The van der Waals surface area contributed by atoms with Gasteiger partial charge < -0.3 is 9.30 Å². The van der Waals surface area contributed by atoms with Crippen LogP contribution in [0, 0.1) is 5.92 Å². The number of ether oxygens (including phenoxy) is 1. The fourth-order valence-electron chi connectivity index (χ4n) is 2.42. The maximum absolute atomic E-state index is 12.3. The fraction of sp³-hybridized carbons (Fsp3) is 0.529. The minimum atomic E-state index is -3.52. The molecule has 1 aromatic heterocycles. The Labute approximate surface area is 148 Å². The van der Waals surface area contributed by atoms with E-state index >= 15 is 0 Å². The van der Waals surface area contributed by atoms with Crippen molar-refractivity contribution in [3.8, 4) is 0 Å². The van der Waals surface area contributed by atoms with Crippen molar-refractivity contribution in [2.24, 2.45) is 5.92 Å². The van der Waals surface area contributed by atoms with Gasteiger partial charge in [0.2, 0.25) is 10.0 Å². The highest BCUT2D eigenvalue weighted by molar-refractivity contribution is 7.89. The molecule has 1 aromatic carbocycles. The normalized spacial score (nSPS) is 12.3. The minimum absolute atomic E-state index is 0.0709. The van der Waals surface area contributed by atoms with Crippen LogP contribution in [0.2, 0.25) is 0 Å². The Morgan fingerprint density at radius 3 is 2.56 bits per heavy atom. The van der Waals surface area contributed by atoms with E-state index in [1.807, 2.05) is 11.5 Å². The van der Waals surface area contributed by atoms with E-state index < -0.39 is 10.0 Å². The molecule has 25 heavy (non-hydrogen) atoms. The van der Waals surface area contributed by atoms with Crippen LogP contribution in [0.1, 0.15) is 33.0 Å². The van der Waals surface area contributed by atoms with Crippen LogP contribution in [0.15, 0.2) is 23.1 Å². The molecule has 2 rings (SSSR count). The lowest BCUT2D eigenvalue weighted by molar-refractivity contribution is -0.148. The highest BCUT2D eigenvalue weighted by Crippen LogP contribution is 2.23. The van der Waals surface area contributed by atoms with Gasteiger partial charge in [0, 0.05) is 20.6 Å². The number of esters is 1. The number of imidazole rings is 1. The maximum atomic E-state index is 12.3. The van der Waals surface area contributed by atoms with E-state index in [1.54, 1.807) is 32.0 Å². The molecule has 0 spiro atoms. The maximum Gasteiger partial charge on any atom is 0.308 e. The molecule has 0 radical (unpaired) electrons. The molecule has 8 heteroatoms. The zero-order valence-electron chi connectivity index (χ0n) is 15.3. The van der Waals surface area contributed by atoms with Gasteiger partial charge in [0.15, 0.2) is 0 Å². The molecule has 0 aliphatic heterocycles. The van der Waals surface area contributed by atoms with Crippen molar-refractivity contribution in [3.05, 3.63) is 24.0 Å². The topological polar surface area (TPSA) is 81.5 Å². The van der Waals surface area contributed by atoms with Gasteiger partial charge in [-0.05, 0) is 24.6 Å². The van der Waals surface area contributed by atoms with E-state index in [9.17, 15) is 13.2 Å². The van der Waals surface area contributed by atoms with Crippen molar-refractivity contribution in [1.82, 2.24) is 13.9 Å². The van der Waals surface area contributed by atoms with Gasteiger partial charge in [-0.15, -0.1) is 0 Å². The molecule has 7 nitrogen and oxygen atoms in total. The van der Waals surface area contributed by atoms with Crippen molar-refractivity contribution < 1.29 is 17.9 Å². The lowest BCUT2D eigenvalue weighted by atomic mass is 10.2. The third kappa shape index (κ3) is 4.01. The van der Waals surface area contributed by atoms with E-state index in [2.05, 4.69) is 4.98 Å². The highest BCUT2D eigenvalue weighted by Gasteiger charge is 2.20. The van der Waals surface area contributed by atoms with Crippen LogP contribution >= 0.6 is 0 Å². The number of hydrogen-bond acceptors (Lipinski definition) is 5. The Bertz CT molecular complexity index is 869. The number of rotatable bonds is 7. The van der Waals surface area contributed by atoms with Gasteiger partial charge >= 0.3 is 5.97 Å². The van der Waals surface area contributed by atoms with Gasteiger partial charge in [-0.25, -0.2) is 17.7 Å². The quantitative estimate of drug-likeness (QED) is 0.702. The summed E-state index contributed by atoms with van der Waals surface area (Å²) < 4.78 is 33.0. The SMILES string of the molecule is CCCn1c(COC(=O)C(C)C)nc2cc(S(=O)(=O)N(C)C)ccc21. The molecule has 2 aromatic rings. The van der Waals surface area contributed by atoms with Crippen molar-refractivity contribution in [3.63, 3.8) is 0 Å². The first kappa shape index (κ1) is 19.4. The average molecular weight is 367 g/mol. The second-order valence-electron chi connectivity index (χ2n) is 6.38. The summed E-state index contributed by atoms with van der Waals surface area (Å²) in [6.45, 7) is 6.37. The molecule has 0 atom stereocenters. The molecule has 1 heterocycles. The molecule has 0 bridgehead atoms. The minimum Gasteiger partial charge on any atom is -0.457 e. The number of carbonyl (C=O) groups excluding carboxylic acids is 1. The van der Waals surface area contributed by atoms with Crippen molar-refractivity contribution >= 4 is 27.0 Å². The Hall–Kier alpha value is -1.93. The zero-order chi connectivity index (χ0) is 18.8. The van der Waals surface area contributed by atoms with Crippen LogP contribution in [-0.2, 0) is 32.7 Å². The molecule has 0 saturated carbocycles. The number of aryl methyl sites for hydroxylation is 1. The van der Waals surface area contributed by atoms with Crippen LogP contribution in [0.3, 0.4) is 0 Å². The first-order valence-electron chi connectivity index (χ1n) is 8.26. The predicted octanol–water partition coefficient (Wildman–Crippen LogP) is 2.40. The lowest BCUT2D eigenvalue weighted by Gasteiger charge is -2.11. The van der Waals surface area contributed by atoms with Crippen molar-refractivity contribution in [1.29, 1.82) is 0 Å². The number of sulfonamides is 1. The number of nitrogens with zero attached hydrogens (tertiary/aromatic N) is 3. The second-order valence-corrected chi connectivity index (χ2v) is 8.53. The molecule has 0 fully saturated rings. The number of benzene rings is 1. The van der Waals surface area contributed by atoms with Crippen LogP contribution in [0.5, 0.6) is 0 Å². The third-order valence-corrected chi connectivity index (χ3v) is 5.65. The van der Waals surface area contributed by atoms with Gasteiger partial charge in [0.1, 0.15) is 12.4 Å². The van der Waals surface area contributed by atoms with E-state index in [4.69, 9.17) is 4.74 Å². The van der Waals surface area contributed by atoms with Crippen LogP contribution < -0.4 is 0 Å². The molecule has 0 aliphatic rings. The molecular weight excluding hydrogens is 342 g/mol. The fourth-order valence-corrected chi connectivity index (χ4v) is 3.34. The monoisotopic (exact) mass is 367 g/mol. The molecule has 0 aliphatic carbocycles. The largest absolute Gasteiger partial charge is 0.457 e. The van der Waals surface area contributed by atoms with E-state index in [-0.39, 0.29) is 23.4 Å². The third-order valence-electron chi connectivity index (χ3n) is 3.84. The number of carbonyl (C=O) groups is 1. The summed E-state index contributed by atoms with van der Waals surface area (Å²) >= 11 is 0. The van der Waals surface area contributed by atoms with E-state index in [0.717, 1.165) is 11.9 Å². The van der Waals surface area contributed by atoms with Crippen molar-refractivity contribution in [2.45, 2.75) is 45.2 Å². The summed E-state index contributed by atoms with van der Waals surface area (Å²) in [4.78, 5) is 16.4. The van der Waals surface area contributed by atoms with Crippen molar-refractivity contribution in [2.75, 3.05) is 14.1 Å². The lowest BCUT2D eigenvalue weighted by Crippen LogP contribution is -2.22. The van der Waals surface area contributed by atoms with Gasteiger partial charge in [-0.2, -0.15) is 0 Å². The molecule has 0 saturated heterocycles. The van der Waals surface area contributed by atoms with Crippen LogP contribution in [-0.4, -0.2) is 42.3 Å². The number of aromatic nitrogens is 2. The Morgan fingerprint density at radius 2 is 2.00 bits per heavy atom. The summed E-state index contributed by atoms with van der Waals surface area (Å²) in [5.41, 5.74) is 1.40. The number of hydrogen-bond donors (Lipinski definition) is 0. The van der Waals surface area contributed by atoms with Crippen LogP contribution in [0.25, 0.3) is 11.0 Å². The number of fused-ring (bicyclic) bond motifs is 1. The van der Waals surface area contributed by atoms with E-state index in [0.29, 0.717) is 17.9 Å². The second kappa shape index (κ2) is 7.53. The van der Waals surface area contributed by atoms with Gasteiger partial charge in [0.25, 0.3) is 0 Å². The summed E-state index contributed by atoms with van der Waals surface area (Å²) in [6.07, 6.45) is 0.883. The smallest absolute Gasteiger partial charge is 0.308 e. The van der Waals surface area contributed by atoms with E-state index in [1.165, 1.54) is 18.4 Å². The summed E-state index contributed by atoms with van der Waals surface area (Å²) in [7, 11) is -0.538. The molecule has 138 valence electrons. The van der Waals surface area contributed by atoms with Crippen LogP contribution in [0.4, 0.5) is 0 Å². The van der Waals surface area contributed by atoms with Gasteiger partial charge in [0.05, 0.1) is 21.8 Å². The Balaban J connectivity index is 2.45. The van der Waals surface area contributed by atoms with Gasteiger partial charge in [-0.3, -0.25) is 4.79 Å². The average Bonchev–Trinajstić information content (AvgIpc) is 2.89. The Morgan fingerprint density at radius 1 is 1.32 bits per heavy atom. The Kier molecular flexibility index (Phi) is 5.84. The predicted molar refractivity (Wildman–Crippen MR) is 95.5 cm³/mol. The summed E-state index contributed by atoms with van der Waals surface area (Å²) in [6, 6.07) is 4.89. The molecule has 0 unspecified atom stereocenters. The zero-order valence-corrected chi connectivity index (χ0v) is 16.1. The summed E-state index contributed by atoms with van der Waals surface area (Å²) in [5, 5.41) is 0. The molecule has 0 N–H and O–H groups in total.